The zero-order chi connectivity index (χ0) is 11.7. The summed E-state index contributed by atoms with van der Waals surface area (Å²) < 4.78 is 15.6. The third-order valence-electron chi connectivity index (χ3n) is 2.91. The number of hydrogen-bond acceptors (Lipinski definition) is 6. The largest absolute Gasteiger partial charge is 0.448 e. The van der Waals surface area contributed by atoms with E-state index in [-0.39, 0.29) is 0 Å². The van der Waals surface area contributed by atoms with Crippen LogP contribution in [0.1, 0.15) is 18.1 Å². The lowest BCUT2D eigenvalue weighted by atomic mass is 10.1. The number of hydrogen-bond donors (Lipinski definition) is 0. The average molecular weight is 235 g/mol. The van der Waals surface area contributed by atoms with Crippen LogP contribution in [0.5, 0.6) is 0 Å². The Hall–Kier alpha value is -1.69. The van der Waals surface area contributed by atoms with Crippen molar-refractivity contribution < 1.29 is 13.7 Å². The van der Waals surface area contributed by atoms with E-state index in [4.69, 9.17) is 13.7 Å². The van der Waals surface area contributed by atoms with Crippen LogP contribution in [0.4, 0.5) is 0 Å². The minimum Gasteiger partial charge on any atom is -0.448 e. The van der Waals surface area contributed by atoms with Crippen LogP contribution < -0.4 is 0 Å². The third kappa shape index (κ3) is 2.08. The molecule has 1 aliphatic rings. The van der Waals surface area contributed by atoms with Gasteiger partial charge >= 0.3 is 0 Å². The second-order valence-electron chi connectivity index (χ2n) is 4.20. The summed E-state index contributed by atoms with van der Waals surface area (Å²) in [5.74, 6) is 2.31. The average Bonchev–Trinajstić information content (AvgIpc) is 3.00. The van der Waals surface area contributed by atoms with E-state index < -0.39 is 0 Å². The Morgan fingerprint density at radius 1 is 1.47 bits per heavy atom. The van der Waals surface area contributed by atoms with Gasteiger partial charge in [0.15, 0.2) is 12.1 Å². The third-order valence-corrected chi connectivity index (χ3v) is 2.91. The predicted octanol–water partition coefficient (Wildman–Crippen LogP) is 1.61. The molecular weight excluding hydrogens is 222 g/mol. The highest BCUT2D eigenvalue weighted by Gasteiger charge is 2.20. The Kier molecular flexibility index (Phi) is 2.64. The second-order valence-corrected chi connectivity index (χ2v) is 4.20. The monoisotopic (exact) mass is 235 g/mol. The quantitative estimate of drug-likeness (QED) is 0.804. The molecular formula is C11H13N3O3. The SMILES string of the molecule is Cc1ocnc1-c1noc(C[C@H]2CCOC2)n1. The van der Waals surface area contributed by atoms with Crippen molar-refractivity contribution in [2.45, 2.75) is 19.8 Å². The summed E-state index contributed by atoms with van der Waals surface area (Å²) in [6.07, 6.45) is 3.20. The summed E-state index contributed by atoms with van der Waals surface area (Å²) in [6, 6.07) is 0. The van der Waals surface area contributed by atoms with Crippen molar-refractivity contribution in [3.63, 3.8) is 0 Å². The zero-order valence-electron chi connectivity index (χ0n) is 9.55. The van der Waals surface area contributed by atoms with Crippen molar-refractivity contribution in [2.75, 3.05) is 13.2 Å². The highest BCUT2D eigenvalue weighted by Crippen LogP contribution is 2.21. The first kappa shape index (κ1) is 10.5. The Morgan fingerprint density at radius 3 is 3.12 bits per heavy atom. The topological polar surface area (TPSA) is 74.2 Å². The van der Waals surface area contributed by atoms with Crippen LogP contribution in [0, 0.1) is 12.8 Å². The summed E-state index contributed by atoms with van der Waals surface area (Å²) in [7, 11) is 0. The van der Waals surface area contributed by atoms with Gasteiger partial charge in [-0.3, -0.25) is 0 Å². The molecule has 1 saturated heterocycles. The molecule has 3 rings (SSSR count). The molecule has 0 aliphatic carbocycles. The highest BCUT2D eigenvalue weighted by molar-refractivity contribution is 5.49. The molecule has 1 fully saturated rings. The maximum atomic E-state index is 5.31. The van der Waals surface area contributed by atoms with E-state index in [0.29, 0.717) is 29.1 Å². The Bertz CT molecular complexity index is 500. The molecule has 1 aliphatic heterocycles. The Morgan fingerprint density at radius 2 is 2.41 bits per heavy atom. The minimum atomic E-state index is 0.488. The Balaban J connectivity index is 1.76. The van der Waals surface area contributed by atoms with E-state index in [2.05, 4.69) is 15.1 Å². The molecule has 2 aromatic rings. The summed E-state index contributed by atoms with van der Waals surface area (Å²) in [4.78, 5) is 8.38. The first-order valence-corrected chi connectivity index (χ1v) is 5.63. The van der Waals surface area contributed by atoms with E-state index in [1.54, 1.807) is 0 Å². The van der Waals surface area contributed by atoms with Gasteiger partial charge in [0.05, 0.1) is 0 Å². The van der Waals surface area contributed by atoms with Gasteiger partial charge in [0.1, 0.15) is 5.76 Å². The molecule has 0 radical (unpaired) electrons. The maximum absolute atomic E-state index is 5.31. The summed E-state index contributed by atoms with van der Waals surface area (Å²) >= 11 is 0. The number of oxazole rings is 1. The van der Waals surface area contributed by atoms with Crippen molar-refractivity contribution in [3.8, 4) is 11.5 Å². The first-order valence-electron chi connectivity index (χ1n) is 5.63. The fraction of sp³-hybridized carbons (Fsp3) is 0.545. The summed E-state index contributed by atoms with van der Waals surface area (Å²) in [5.41, 5.74) is 0.641. The lowest BCUT2D eigenvalue weighted by molar-refractivity contribution is 0.183. The lowest BCUT2D eigenvalue weighted by Gasteiger charge is -2.00. The predicted molar refractivity (Wildman–Crippen MR) is 57.2 cm³/mol. The molecule has 1 atom stereocenters. The van der Waals surface area contributed by atoms with Crippen LogP contribution in [-0.4, -0.2) is 28.3 Å². The smallest absolute Gasteiger partial charge is 0.227 e. The van der Waals surface area contributed by atoms with E-state index in [1.165, 1.54) is 6.39 Å². The van der Waals surface area contributed by atoms with Gasteiger partial charge in [-0.15, -0.1) is 0 Å². The van der Waals surface area contributed by atoms with Gasteiger partial charge in [0.2, 0.25) is 11.7 Å². The number of aromatic nitrogens is 3. The molecule has 0 aromatic carbocycles. The molecule has 6 nitrogen and oxygen atoms in total. The van der Waals surface area contributed by atoms with E-state index in [0.717, 1.165) is 26.1 Å². The number of nitrogens with zero attached hydrogens (tertiary/aromatic N) is 3. The molecule has 0 saturated carbocycles. The summed E-state index contributed by atoms with van der Waals surface area (Å²) in [6.45, 7) is 3.43. The Labute approximate surface area is 98.0 Å². The molecule has 0 N–H and O–H groups in total. The fourth-order valence-corrected chi connectivity index (χ4v) is 1.95. The molecule has 2 aromatic heterocycles. The molecule has 6 heteroatoms. The molecule has 0 bridgehead atoms. The molecule has 3 heterocycles. The van der Waals surface area contributed by atoms with Gasteiger partial charge in [-0.1, -0.05) is 5.16 Å². The van der Waals surface area contributed by atoms with Crippen molar-refractivity contribution in [1.82, 2.24) is 15.1 Å². The molecule has 90 valence electrons. The van der Waals surface area contributed by atoms with Crippen molar-refractivity contribution in [2.24, 2.45) is 5.92 Å². The number of aryl methyl sites for hydroxylation is 1. The van der Waals surface area contributed by atoms with Crippen molar-refractivity contribution in [3.05, 3.63) is 18.0 Å². The van der Waals surface area contributed by atoms with Crippen LogP contribution in [0.25, 0.3) is 11.5 Å². The van der Waals surface area contributed by atoms with Crippen LogP contribution >= 0.6 is 0 Å². The van der Waals surface area contributed by atoms with Gasteiger partial charge in [0.25, 0.3) is 0 Å². The standard InChI is InChI=1S/C11H13N3O3/c1-7-10(12-6-16-7)11-13-9(17-14-11)4-8-2-3-15-5-8/h6,8H,2-5H2,1H3/t8-/m1/s1. The maximum Gasteiger partial charge on any atom is 0.227 e. The van der Waals surface area contributed by atoms with Gasteiger partial charge < -0.3 is 13.7 Å². The van der Waals surface area contributed by atoms with Crippen LogP contribution in [0.15, 0.2) is 15.3 Å². The van der Waals surface area contributed by atoms with Crippen LogP contribution in [-0.2, 0) is 11.2 Å². The molecule has 0 amide bonds. The normalized spacial score (nSPS) is 19.9. The van der Waals surface area contributed by atoms with Gasteiger partial charge in [-0.05, 0) is 19.3 Å². The van der Waals surface area contributed by atoms with Crippen LogP contribution in [0.3, 0.4) is 0 Å². The second kappa shape index (κ2) is 4.29. The zero-order valence-corrected chi connectivity index (χ0v) is 9.55. The minimum absolute atomic E-state index is 0.488. The number of rotatable bonds is 3. The van der Waals surface area contributed by atoms with Gasteiger partial charge in [-0.25, -0.2) is 4.98 Å². The van der Waals surface area contributed by atoms with E-state index in [1.807, 2.05) is 6.92 Å². The molecule has 17 heavy (non-hydrogen) atoms. The fourth-order valence-electron chi connectivity index (χ4n) is 1.95. The lowest BCUT2D eigenvalue weighted by Crippen LogP contribution is -2.03. The van der Waals surface area contributed by atoms with Gasteiger partial charge in [-0.2, -0.15) is 4.98 Å². The van der Waals surface area contributed by atoms with Gasteiger partial charge in [0, 0.05) is 19.6 Å². The molecule has 0 unspecified atom stereocenters. The van der Waals surface area contributed by atoms with Crippen molar-refractivity contribution in [1.29, 1.82) is 0 Å². The molecule has 0 spiro atoms. The number of ether oxygens (including phenoxy) is 1. The highest BCUT2D eigenvalue weighted by atomic mass is 16.5. The first-order chi connectivity index (χ1) is 8.33. The van der Waals surface area contributed by atoms with Crippen LogP contribution in [0.2, 0.25) is 0 Å². The van der Waals surface area contributed by atoms with E-state index in [9.17, 15) is 0 Å². The van der Waals surface area contributed by atoms with Crippen molar-refractivity contribution >= 4 is 0 Å². The summed E-state index contributed by atoms with van der Waals surface area (Å²) in [5, 5.41) is 3.91. The van der Waals surface area contributed by atoms with E-state index >= 15 is 0 Å².